The number of thiazole rings is 1. The first-order valence-corrected chi connectivity index (χ1v) is 8.12. The lowest BCUT2D eigenvalue weighted by Gasteiger charge is -2.08. The number of non-ortho nitro benzene ring substituents is 1. The molecule has 0 aliphatic carbocycles. The molecule has 0 amide bonds. The molecule has 14 heteroatoms. The van der Waals surface area contributed by atoms with Crippen molar-refractivity contribution in [2.45, 2.75) is 5.51 Å². The summed E-state index contributed by atoms with van der Waals surface area (Å²) in [4.78, 5) is 23.2. The van der Waals surface area contributed by atoms with E-state index in [1.165, 1.54) is 0 Å². The number of hydrogen-bond acceptors (Lipinski definition) is 9. The van der Waals surface area contributed by atoms with Gasteiger partial charge in [-0.25, -0.2) is 0 Å². The lowest BCUT2D eigenvalue weighted by atomic mass is 10.2. The Bertz CT molecular complexity index is 936. The molecule has 2 aromatic rings. The summed E-state index contributed by atoms with van der Waals surface area (Å²) in [5.74, 6) is -3.31. The average molecular weight is 397 g/mol. The number of halogens is 3. The van der Waals surface area contributed by atoms with E-state index >= 15 is 0 Å². The molecule has 9 nitrogen and oxygen atoms in total. The van der Waals surface area contributed by atoms with E-state index in [9.17, 15) is 41.6 Å². The minimum absolute atomic E-state index is 0.0948. The van der Waals surface area contributed by atoms with Crippen LogP contribution in [0.4, 0.5) is 18.9 Å². The van der Waals surface area contributed by atoms with Gasteiger partial charge in [-0.05, 0) is 12.1 Å². The van der Waals surface area contributed by atoms with Crippen LogP contribution >= 0.6 is 11.3 Å². The topological polar surface area (TPSA) is 140 Å². The van der Waals surface area contributed by atoms with Gasteiger partial charge in [-0.2, -0.15) is 26.6 Å². The number of carboxylic acid groups (broad SMARTS) is 1. The van der Waals surface area contributed by atoms with E-state index in [4.69, 9.17) is 0 Å². The number of nitro benzene ring substituents is 1. The summed E-state index contributed by atoms with van der Waals surface area (Å²) in [6.07, 6.45) is 0. The molecule has 0 unspecified atom stereocenters. The van der Waals surface area contributed by atoms with Crippen molar-refractivity contribution in [3.63, 3.8) is 0 Å². The van der Waals surface area contributed by atoms with Gasteiger partial charge in [0, 0.05) is 17.7 Å². The summed E-state index contributed by atoms with van der Waals surface area (Å²) in [5, 5.41) is 21.3. The molecule has 0 saturated carbocycles. The van der Waals surface area contributed by atoms with E-state index in [1.54, 1.807) is 0 Å². The second kappa shape index (κ2) is 6.29. The summed E-state index contributed by atoms with van der Waals surface area (Å²) in [6.45, 7) is 0. The van der Waals surface area contributed by atoms with Gasteiger partial charge in [-0.3, -0.25) is 10.1 Å². The summed E-state index contributed by atoms with van der Waals surface area (Å²) in [5.41, 5.74) is -5.98. The Morgan fingerprint density at radius 2 is 1.80 bits per heavy atom. The largest absolute Gasteiger partial charge is 0.544 e. The van der Waals surface area contributed by atoms with Crippen LogP contribution in [-0.2, 0) is 10.1 Å². The zero-order valence-corrected chi connectivity index (χ0v) is 13.1. The molecule has 0 aliphatic heterocycles. The van der Waals surface area contributed by atoms with Crippen LogP contribution in [0.15, 0.2) is 24.3 Å². The van der Waals surface area contributed by atoms with Gasteiger partial charge in [0.15, 0.2) is 0 Å². The number of carboxylic acids is 1. The van der Waals surface area contributed by atoms with Crippen molar-refractivity contribution in [3.05, 3.63) is 39.3 Å². The quantitative estimate of drug-likeness (QED) is 0.318. The fourth-order valence-corrected chi connectivity index (χ4v) is 2.80. The summed E-state index contributed by atoms with van der Waals surface area (Å²) < 4.78 is 62.7. The number of aromatic carboxylic acids is 1. The maximum absolute atomic E-state index is 12.3. The van der Waals surface area contributed by atoms with Crippen LogP contribution in [0, 0.1) is 10.1 Å². The van der Waals surface area contributed by atoms with Crippen LogP contribution in [0.3, 0.4) is 0 Å². The van der Waals surface area contributed by atoms with Gasteiger partial charge >= 0.3 is 15.6 Å². The van der Waals surface area contributed by atoms with Gasteiger partial charge < -0.3 is 14.1 Å². The fraction of sp³-hybridized carbons (Fsp3) is 0.0909. The highest BCUT2D eigenvalue weighted by molar-refractivity contribution is 7.88. The van der Waals surface area contributed by atoms with Gasteiger partial charge in [0.1, 0.15) is 9.88 Å². The average Bonchev–Trinajstić information content (AvgIpc) is 2.89. The molecule has 1 heterocycles. The van der Waals surface area contributed by atoms with Gasteiger partial charge in [-0.15, -0.1) is 11.3 Å². The third kappa shape index (κ3) is 3.85. The number of carbonyl (C=O) groups excluding carboxylic acids is 1. The van der Waals surface area contributed by atoms with Gasteiger partial charge in [0.2, 0.25) is 0 Å². The van der Waals surface area contributed by atoms with Crippen molar-refractivity contribution in [2.24, 2.45) is 0 Å². The van der Waals surface area contributed by atoms with Crippen molar-refractivity contribution >= 4 is 33.1 Å². The Labute approximate surface area is 140 Å². The molecule has 134 valence electrons. The van der Waals surface area contributed by atoms with Crippen molar-refractivity contribution in [1.82, 2.24) is 4.98 Å². The molecule has 0 bridgehead atoms. The van der Waals surface area contributed by atoms with Crippen LogP contribution < -0.4 is 9.29 Å². The third-order valence-electron chi connectivity index (χ3n) is 2.58. The van der Waals surface area contributed by atoms with Crippen LogP contribution in [-0.4, -0.2) is 29.8 Å². The van der Waals surface area contributed by atoms with Crippen molar-refractivity contribution in [2.75, 3.05) is 0 Å². The zero-order chi connectivity index (χ0) is 19.0. The Hall–Kier alpha value is -2.74. The number of rotatable bonds is 5. The molecular formula is C11H4F3N2O7S2-. The fourth-order valence-electron chi connectivity index (χ4n) is 1.49. The Kier molecular flexibility index (Phi) is 4.68. The first-order chi connectivity index (χ1) is 11.4. The molecule has 0 N–H and O–H groups in total. The maximum Gasteiger partial charge on any atom is 0.534 e. The Morgan fingerprint density at radius 1 is 1.24 bits per heavy atom. The summed E-state index contributed by atoms with van der Waals surface area (Å²) in [7, 11) is -6.13. The van der Waals surface area contributed by atoms with Crippen molar-refractivity contribution in [1.29, 1.82) is 0 Å². The highest BCUT2D eigenvalue weighted by Crippen LogP contribution is 2.35. The van der Waals surface area contributed by atoms with Gasteiger partial charge in [0.25, 0.3) is 11.6 Å². The van der Waals surface area contributed by atoms with E-state index in [0.717, 1.165) is 24.3 Å². The number of nitrogens with zero attached hydrogens (tertiary/aromatic N) is 2. The molecule has 0 saturated heterocycles. The van der Waals surface area contributed by atoms with Gasteiger partial charge in [0.05, 0.1) is 10.9 Å². The number of hydrogen-bond donors (Lipinski definition) is 0. The SMILES string of the molecule is O=C([O-])c1sc(-c2ccc([N+](=O)[O-])cc2)nc1OS(=O)(=O)C(F)(F)F. The number of alkyl halides is 3. The summed E-state index contributed by atoms with van der Waals surface area (Å²) in [6, 6.07) is 4.39. The molecule has 25 heavy (non-hydrogen) atoms. The van der Waals surface area contributed by atoms with E-state index in [0.29, 0.717) is 0 Å². The van der Waals surface area contributed by atoms with E-state index < -0.39 is 37.3 Å². The molecule has 0 atom stereocenters. The lowest BCUT2D eigenvalue weighted by Crippen LogP contribution is -2.29. The van der Waals surface area contributed by atoms with Crippen LogP contribution in [0.2, 0.25) is 0 Å². The van der Waals surface area contributed by atoms with Crippen molar-refractivity contribution < 1.29 is 40.6 Å². The molecule has 1 aromatic heterocycles. The highest BCUT2D eigenvalue weighted by atomic mass is 32.2. The minimum Gasteiger partial charge on any atom is -0.544 e. The van der Waals surface area contributed by atoms with Gasteiger partial charge in [-0.1, -0.05) is 0 Å². The molecule has 0 fully saturated rings. The number of benzene rings is 1. The smallest absolute Gasteiger partial charge is 0.534 e. The maximum atomic E-state index is 12.3. The van der Waals surface area contributed by atoms with Crippen molar-refractivity contribution in [3.8, 4) is 16.5 Å². The first-order valence-electron chi connectivity index (χ1n) is 5.90. The van der Waals surface area contributed by atoms with Crippen LogP contribution in [0.5, 0.6) is 5.88 Å². The second-order valence-corrected chi connectivity index (χ2v) is 6.76. The molecule has 1 aromatic carbocycles. The summed E-state index contributed by atoms with van der Waals surface area (Å²) >= 11 is 0.286. The standard InChI is InChI=1S/C11H5F3N2O7S2/c12-11(13,14)25(21,22)23-8-7(10(17)18)24-9(15-8)5-1-3-6(4-2-5)16(19)20/h1-4H,(H,17,18)/p-1. The molecule has 2 rings (SSSR count). The molecular weight excluding hydrogens is 393 g/mol. The molecule has 0 spiro atoms. The third-order valence-corrected chi connectivity index (χ3v) is 4.59. The normalized spacial score (nSPS) is 12.0. The lowest BCUT2D eigenvalue weighted by molar-refractivity contribution is -0.384. The number of carbonyl (C=O) groups is 1. The number of nitro groups is 1. The van der Waals surface area contributed by atoms with E-state index in [-0.39, 0.29) is 27.6 Å². The monoisotopic (exact) mass is 397 g/mol. The zero-order valence-electron chi connectivity index (χ0n) is 11.5. The second-order valence-electron chi connectivity index (χ2n) is 4.23. The molecule has 0 radical (unpaired) electrons. The van der Waals surface area contributed by atoms with Crippen LogP contribution in [0.25, 0.3) is 10.6 Å². The Morgan fingerprint density at radius 3 is 2.24 bits per heavy atom. The highest BCUT2D eigenvalue weighted by Gasteiger charge is 2.49. The van der Waals surface area contributed by atoms with E-state index in [2.05, 4.69) is 9.17 Å². The predicted octanol–water partition coefficient (Wildman–Crippen LogP) is 1.31. The first kappa shape index (κ1) is 18.6. The Balaban J connectivity index is 2.47. The molecule has 0 aliphatic rings. The predicted molar refractivity (Wildman–Crippen MR) is 74.1 cm³/mol. The van der Waals surface area contributed by atoms with Crippen LogP contribution in [0.1, 0.15) is 9.67 Å². The van der Waals surface area contributed by atoms with E-state index in [1.807, 2.05) is 0 Å². The number of aromatic nitrogens is 1. The minimum atomic E-state index is -6.13.